The number of halogens is 2. The maximum Gasteiger partial charge on any atom is 0.357 e. The number of anilines is 1. The van der Waals surface area contributed by atoms with Gasteiger partial charge in [-0.1, -0.05) is 54.1 Å². The van der Waals surface area contributed by atoms with Crippen molar-refractivity contribution >= 4 is 29.1 Å². The van der Waals surface area contributed by atoms with E-state index < -0.39 is 11.7 Å². The van der Waals surface area contributed by atoms with Crippen molar-refractivity contribution in [3.05, 3.63) is 136 Å². The number of hydrogen-bond acceptors (Lipinski definition) is 4. The Morgan fingerprint density at radius 1 is 1.00 bits per heavy atom. The summed E-state index contributed by atoms with van der Waals surface area (Å²) in [5.41, 5.74) is 5.00. The summed E-state index contributed by atoms with van der Waals surface area (Å²) in [5.74, 6) is -1.02. The van der Waals surface area contributed by atoms with Crippen molar-refractivity contribution in [3.8, 4) is 11.1 Å². The molecule has 1 saturated heterocycles. The normalized spacial score (nSPS) is 19.6. The lowest BCUT2D eigenvalue weighted by Gasteiger charge is -2.41. The number of hydrogen-bond donors (Lipinski definition) is 2. The average molecular weight is 555 g/mol. The molecule has 40 heavy (non-hydrogen) atoms. The van der Waals surface area contributed by atoms with Crippen LogP contribution in [0, 0.1) is 5.82 Å². The maximum atomic E-state index is 14.3. The fourth-order valence-electron chi connectivity index (χ4n) is 5.45. The van der Waals surface area contributed by atoms with E-state index in [2.05, 4.69) is 16.7 Å². The zero-order chi connectivity index (χ0) is 27.7. The van der Waals surface area contributed by atoms with Gasteiger partial charge in [0.2, 0.25) is 0 Å². The first-order valence-corrected chi connectivity index (χ1v) is 13.3. The fraction of sp³-hybridized carbons (Fsp3) is 0.125. The van der Waals surface area contributed by atoms with E-state index in [1.165, 1.54) is 18.2 Å². The first-order valence-electron chi connectivity index (χ1n) is 13.0. The number of rotatable bonds is 4. The lowest BCUT2D eigenvalue weighted by Crippen LogP contribution is -2.56. The molecular weight excluding hydrogens is 529 g/mol. The van der Waals surface area contributed by atoms with E-state index in [9.17, 15) is 14.0 Å². The number of carbonyl (C=O) groups is 2. The van der Waals surface area contributed by atoms with Crippen LogP contribution in [-0.2, 0) is 4.74 Å². The van der Waals surface area contributed by atoms with Gasteiger partial charge in [-0.05, 0) is 53.9 Å². The van der Waals surface area contributed by atoms with Gasteiger partial charge in [0.15, 0.2) is 11.4 Å². The van der Waals surface area contributed by atoms with Crippen LogP contribution in [0.15, 0.2) is 114 Å². The Hall–Kier alpha value is -4.30. The third-order valence-corrected chi connectivity index (χ3v) is 7.71. The number of carbonyl (C=O) groups excluding carboxylic acids is 2. The van der Waals surface area contributed by atoms with Gasteiger partial charge < -0.3 is 15.4 Å². The van der Waals surface area contributed by atoms with Crippen molar-refractivity contribution in [1.82, 2.24) is 5.32 Å². The first kappa shape index (κ1) is 26.0. The molecule has 3 aromatic carbocycles. The number of allylic oxidation sites excluding steroid dienone is 4. The Labute approximate surface area is 236 Å². The minimum Gasteiger partial charge on any atom is -0.365 e. The number of morpholine rings is 1. The summed E-state index contributed by atoms with van der Waals surface area (Å²) in [6.45, 7) is 1.17. The van der Waals surface area contributed by atoms with Gasteiger partial charge in [0, 0.05) is 29.1 Å². The van der Waals surface area contributed by atoms with Crippen LogP contribution in [0.2, 0.25) is 5.02 Å². The third-order valence-electron chi connectivity index (χ3n) is 7.40. The van der Waals surface area contributed by atoms with Crippen molar-refractivity contribution in [2.24, 2.45) is 0 Å². The van der Waals surface area contributed by atoms with Gasteiger partial charge in [-0.2, -0.15) is 4.48 Å². The molecule has 1 aliphatic carbocycles. The quantitative estimate of drug-likeness (QED) is 0.359. The highest BCUT2D eigenvalue weighted by molar-refractivity contribution is 6.34. The topological polar surface area (TPSA) is 67.4 Å². The van der Waals surface area contributed by atoms with Crippen molar-refractivity contribution in [2.75, 3.05) is 25.1 Å². The molecule has 3 aliphatic rings. The zero-order valence-electron chi connectivity index (χ0n) is 21.5. The Bertz CT molecular complexity index is 1640. The molecule has 6 nitrogen and oxygen atoms in total. The summed E-state index contributed by atoms with van der Waals surface area (Å²) in [4.78, 5) is 27.6. The third kappa shape index (κ3) is 4.58. The SMILES string of the molecule is O=C(Nc1ccc(C(=O)[N+]23CCOCC2=CNC=C2CC=CC=C23)c(Cl)c1)c1ccc(F)cc1-c1ccccc1. The van der Waals surface area contributed by atoms with Gasteiger partial charge in [0.05, 0.1) is 23.4 Å². The Balaban J connectivity index is 1.32. The summed E-state index contributed by atoms with van der Waals surface area (Å²) in [5, 5.41) is 6.28. The fourth-order valence-corrected chi connectivity index (χ4v) is 5.71. The first-order chi connectivity index (χ1) is 19.5. The number of nitrogens with zero attached hydrogens (tertiary/aromatic N) is 1. The van der Waals surface area contributed by atoms with Gasteiger partial charge in [-0.15, -0.1) is 0 Å². The van der Waals surface area contributed by atoms with Crippen LogP contribution in [0.5, 0.6) is 0 Å². The zero-order valence-corrected chi connectivity index (χ0v) is 22.2. The molecule has 8 heteroatoms. The van der Waals surface area contributed by atoms with Gasteiger partial charge in [0.1, 0.15) is 19.0 Å². The van der Waals surface area contributed by atoms with E-state index in [4.69, 9.17) is 16.3 Å². The highest BCUT2D eigenvalue weighted by Crippen LogP contribution is 2.40. The molecule has 200 valence electrons. The molecule has 1 atom stereocenters. The van der Waals surface area contributed by atoms with E-state index in [1.54, 1.807) is 18.2 Å². The number of quaternary nitrogens is 1. The summed E-state index contributed by atoms with van der Waals surface area (Å²) in [6, 6.07) is 18.1. The van der Waals surface area contributed by atoms with Crippen molar-refractivity contribution in [2.45, 2.75) is 6.42 Å². The van der Waals surface area contributed by atoms with Crippen molar-refractivity contribution in [1.29, 1.82) is 0 Å². The van der Waals surface area contributed by atoms with Crippen LogP contribution in [0.1, 0.15) is 27.1 Å². The Morgan fingerprint density at radius 2 is 1.82 bits per heavy atom. The van der Waals surface area contributed by atoms with Gasteiger partial charge >= 0.3 is 5.91 Å². The van der Waals surface area contributed by atoms with E-state index in [0.717, 1.165) is 22.5 Å². The second-order valence-corrected chi connectivity index (χ2v) is 10.2. The minimum atomic E-state index is -0.435. The molecule has 2 N–H and O–H groups in total. The van der Waals surface area contributed by atoms with Crippen LogP contribution >= 0.6 is 11.6 Å². The van der Waals surface area contributed by atoms with E-state index >= 15 is 0 Å². The lowest BCUT2D eigenvalue weighted by molar-refractivity contribution is -0.779. The highest BCUT2D eigenvalue weighted by Gasteiger charge is 2.50. The van der Waals surface area contributed by atoms with Crippen LogP contribution in [0.4, 0.5) is 10.1 Å². The van der Waals surface area contributed by atoms with Gasteiger partial charge in [-0.25, -0.2) is 9.18 Å². The number of fused-ring (bicyclic) bond motifs is 3. The average Bonchev–Trinajstić information content (AvgIpc) is 3.15. The van der Waals surface area contributed by atoms with Crippen molar-refractivity contribution < 1.29 is 23.2 Å². The molecule has 0 radical (unpaired) electrons. The largest absolute Gasteiger partial charge is 0.365 e. The van der Waals surface area contributed by atoms with Gasteiger partial charge in [0.25, 0.3) is 5.91 Å². The molecule has 2 amide bonds. The highest BCUT2D eigenvalue weighted by atomic mass is 35.5. The molecule has 0 bridgehead atoms. The molecule has 2 aliphatic heterocycles. The minimum absolute atomic E-state index is 0.00931. The summed E-state index contributed by atoms with van der Waals surface area (Å²) >= 11 is 6.72. The van der Waals surface area contributed by atoms with Crippen LogP contribution in [-0.4, -0.2) is 36.1 Å². The Morgan fingerprint density at radius 3 is 2.65 bits per heavy atom. The van der Waals surface area contributed by atoms with Crippen LogP contribution < -0.4 is 10.6 Å². The number of nitrogens with one attached hydrogen (secondary N) is 2. The molecule has 6 rings (SSSR count). The lowest BCUT2D eigenvalue weighted by atomic mass is 9.98. The molecule has 0 aromatic heterocycles. The summed E-state index contributed by atoms with van der Waals surface area (Å²) in [6.07, 6.45) is 10.5. The van der Waals surface area contributed by atoms with Gasteiger partial charge in [-0.3, -0.25) is 4.79 Å². The van der Waals surface area contributed by atoms with E-state index in [1.807, 2.05) is 54.9 Å². The molecule has 3 aromatic rings. The van der Waals surface area contributed by atoms with Crippen LogP contribution in [0.3, 0.4) is 0 Å². The predicted octanol–water partition coefficient (Wildman–Crippen LogP) is 6.56. The molecule has 0 saturated carbocycles. The maximum absolute atomic E-state index is 14.3. The second-order valence-electron chi connectivity index (χ2n) is 9.75. The summed E-state index contributed by atoms with van der Waals surface area (Å²) in [7, 11) is 0. The van der Waals surface area contributed by atoms with E-state index in [0.29, 0.717) is 48.6 Å². The monoisotopic (exact) mass is 554 g/mol. The second kappa shape index (κ2) is 10.7. The predicted molar refractivity (Wildman–Crippen MR) is 153 cm³/mol. The smallest absolute Gasteiger partial charge is 0.357 e. The molecule has 2 heterocycles. The Kier molecular flexibility index (Phi) is 6.94. The summed E-state index contributed by atoms with van der Waals surface area (Å²) < 4.78 is 19.8. The number of amides is 2. The molecule has 1 unspecified atom stereocenters. The molecule has 0 spiro atoms. The van der Waals surface area contributed by atoms with Crippen molar-refractivity contribution in [3.63, 3.8) is 0 Å². The molecule has 1 fully saturated rings. The number of ether oxygens (including phenoxy) is 1. The number of benzene rings is 3. The standard InChI is InChI=1S/C32H25ClFN3O3/c33-29-17-24(36-31(38)26-12-10-23(34)16-28(26)21-6-2-1-3-7-21)11-13-27(29)32(39)37-14-15-40-20-25(37)19-35-18-22-8-4-5-9-30(22)37/h1-7,9-13,16-19,35H,8,14-15,20H2/p+1. The molecular formula is C32H26ClFN3O3+. The van der Waals surface area contributed by atoms with Crippen LogP contribution in [0.25, 0.3) is 11.1 Å². The van der Waals surface area contributed by atoms with E-state index in [-0.39, 0.29) is 15.4 Å².